The van der Waals surface area contributed by atoms with Crippen molar-refractivity contribution >= 4 is 50.1 Å². The van der Waals surface area contributed by atoms with Crippen molar-refractivity contribution in [3.8, 4) is 0 Å². The molecule has 0 N–H and O–H groups in total. The first-order valence-electron chi connectivity index (χ1n) is 6.12. The molecule has 1 aliphatic rings. The highest BCUT2D eigenvalue weighted by atomic mass is 79.9. The van der Waals surface area contributed by atoms with Crippen molar-refractivity contribution in [2.45, 2.75) is 0 Å². The van der Waals surface area contributed by atoms with Crippen LogP contribution in [0.3, 0.4) is 0 Å². The molecule has 1 nitrogen and oxygen atoms in total. The van der Waals surface area contributed by atoms with Crippen LogP contribution in [0.2, 0.25) is 5.02 Å². The first kappa shape index (κ1) is 16.2. The van der Waals surface area contributed by atoms with Crippen LogP contribution in [0.5, 0.6) is 0 Å². The number of benzene rings is 2. The van der Waals surface area contributed by atoms with E-state index in [1.807, 2.05) is 24.3 Å². The lowest BCUT2D eigenvalue weighted by Gasteiger charge is -2.11. The van der Waals surface area contributed by atoms with E-state index in [1.165, 1.54) is 6.07 Å². The summed E-state index contributed by atoms with van der Waals surface area (Å²) in [6.07, 6.45) is 1.96. The molecule has 0 aromatic heterocycles. The third-order valence-corrected chi connectivity index (χ3v) is 4.13. The van der Waals surface area contributed by atoms with E-state index in [0.29, 0.717) is 22.8 Å². The maximum absolute atomic E-state index is 14.1. The minimum absolute atomic E-state index is 0. The summed E-state index contributed by atoms with van der Waals surface area (Å²) in [7, 11) is 0. The van der Waals surface area contributed by atoms with Crippen molar-refractivity contribution < 1.29 is 4.39 Å². The number of hydrogen-bond donors (Lipinski definition) is 0. The van der Waals surface area contributed by atoms with Gasteiger partial charge in [0.25, 0.3) is 0 Å². The van der Waals surface area contributed by atoms with Gasteiger partial charge >= 0.3 is 0 Å². The number of aliphatic imine (C=N–C) groups is 1. The first-order valence-corrected chi connectivity index (χ1v) is 7.29. The molecule has 3 rings (SSSR count). The normalized spacial score (nSPS) is 13.5. The maximum atomic E-state index is 14.1. The molecular formula is C16H11BrCl2FN. The van der Waals surface area contributed by atoms with Gasteiger partial charge in [-0.05, 0) is 35.9 Å². The van der Waals surface area contributed by atoms with E-state index in [9.17, 15) is 4.39 Å². The van der Waals surface area contributed by atoms with Crippen molar-refractivity contribution in [1.82, 2.24) is 0 Å². The van der Waals surface area contributed by atoms with E-state index in [0.717, 1.165) is 15.6 Å². The van der Waals surface area contributed by atoms with Gasteiger partial charge in [0.15, 0.2) is 0 Å². The quantitative estimate of drug-likeness (QED) is 0.614. The van der Waals surface area contributed by atoms with E-state index in [2.05, 4.69) is 20.9 Å². The molecule has 0 unspecified atom stereocenters. The minimum atomic E-state index is -0.282. The Balaban J connectivity index is 0.00000161. The molecule has 0 fully saturated rings. The topological polar surface area (TPSA) is 12.4 Å². The fraction of sp³-hybridized carbons (Fsp3) is 0.0625. The molecule has 0 amide bonds. The Hall–Kier alpha value is -1.16. The van der Waals surface area contributed by atoms with Crippen molar-refractivity contribution in [3.05, 3.63) is 76.1 Å². The zero-order valence-corrected chi connectivity index (χ0v) is 14.0. The number of halogens is 4. The second kappa shape index (κ2) is 6.73. The fourth-order valence-corrected chi connectivity index (χ4v) is 2.88. The molecule has 1 heterocycles. The maximum Gasteiger partial charge on any atom is 0.132 e. The summed E-state index contributed by atoms with van der Waals surface area (Å²) in [4.78, 5) is 4.50. The van der Waals surface area contributed by atoms with Gasteiger partial charge in [-0.15, -0.1) is 12.4 Å². The van der Waals surface area contributed by atoms with Crippen LogP contribution in [0.4, 0.5) is 4.39 Å². The molecule has 2 aromatic carbocycles. The average Bonchev–Trinajstić information content (AvgIpc) is 2.59. The predicted molar refractivity (Wildman–Crippen MR) is 92.5 cm³/mol. The number of nitrogens with zero attached hydrogens (tertiary/aromatic N) is 1. The number of rotatable bonds is 1. The summed E-state index contributed by atoms with van der Waals surface area (Å²) in [6, 6.07) is 12.2. The van der Waals surface area contributed by atoms with Crippen molar-refractivity contribution in [1.29, 1.82) is 0 Å². The van der Waals surface area contributed by atoms with Crippen LogP contribution in [-0.4, -0.2) is 12.3 Å². The largest absolute Gasteiger partial charge is 0.280 e. The van der Waals surface area contributed by atoms with E-state index in [4.69, 9.17) is 11.6 Å². The van der Waals surface area contributed by atoms with Gasteiger partial charge in [-0.3, -0.25) is 4.99 Å². The molecule has 21 heavy (non-hydrogen) atoms. The van der Waals surface area contributed by atoms with Gasteiger partial charge in [-0.2, -0.15) is 0 Å². The van der Waals surface area contributed by atoms with Crippen molar-refractivity contribution in [2.75, 3.05) is 6.54 Å². The zero-order chi connectivity index (χ0) is 14.1. The Labute approximate surface area is 142 Å². The van der Waals surface area contributed by atoms with Gasteiger partial charge in [0.05, 0.1) is 12.3 Å². The summed E-state index contributed by atoms with van der Waals surface area (Å²) in [5.41, 5.74) is 2.93. The standard InChI is InChI=1S/C16H10BrClFN.ClH/c17-14-7-8-20-16(12-3-1-2-4-15(12)19)13-9-10(18)5-6-11(13)14;/h1-7,9H,8H2;1H. The van der Waals surface area contributed by atoms with Gasteiger partial charge < -0.3 is 0 Å². The Kier molecular flexibility index (Phi) is 5.20. The van der Waals surface area contributed by atoms with Crippen molar-refractivity contribution in [3.63, 3.8) is 0 Å². The van der Waals surface area contributed by atoms with E-state index in [1.54, 1.807) is 18.2 Å². The van der Waals surface area contributed by atoms with Crippen LogP contribution in [-0.2, 0) is 0 Å². The lowest BCUT2D eigenvalue weighted by molar-refractivity contribution is 0.625. The Morgan fingerprint density at radius 3 is 2.57 bits per heavy atom. The number of hydrogen-bond acceptors (Lipinski definition) is 1. The van der Waals surface area contributed by atoms with Crippen LogP contribution < -0.4 is 0 Å². The smallest absolute Gasteiger partial charge is 0.132 e. The van der Waals surface area contributed by atoms with Gasteiger partial charge in [0.1, 0.15) is 5.82 Å². The van der Waals surface area contributed by atoms with Crippen LogP contribution >= 0.6 is 39.9 Å². The molecule has 0 aliphatic carbocycles. The Bertz CT molecular complexity index is 741. The molecule has 0 radical (unpaired) electrons. The molecular weight excluding hydrogens is 376 g/mol. The molecule has 0 atom stereocenters. The molecule has 0 spiro atoms. The third kappa shape index (κ3) is 3.20. The summed E-state index contributed by atoms with van der Waals surface area (Å²) in [5.74, 6) is -0.282. The van der Waals surface area contributed by atoms with E-state index < -0.39 is 0 Å². The summed E-state index contributed by atoms with van der Waals surface area (Å²) in [5, 5.41) is 0.606. The van der Waals surface area contributed by atoms with E-state index in [-0.39, 0.29) is 18.2 Å². The SMILES string of the molecule is Cl.Fc1ccccc1C1=NCC=C(Br)c2ccc(Cl)cc21. The fourth-order valence-electron chi connectivity index (χ4n) is 2.22. The minimum Gasteiger partial charge on any atom is -0.280 e. The highest BCUT2D eigenvalue weighted by molar-refractivity contribution is 9.15. The van der Waals surface area contributed by atoms with Crippen molar-refractivity contribution in [2.24, 2.45) is 4.99 Å². The molecule has 0 saturated carbocycles. The summed E-state index contributed by atoms with van der Waals surface area (Å²) in [6.45, 7) is 0.497. The summed E-state index contributed by atoms with van der Waals surface area (Å²) < 4.78 is 15.0. The zero-order valence-electron chi connectivity index (χ0n) is 10.8. The molecule has 0 saturated heterocycles. The monoisotopic (exact) mass is 385 g/mol. The van der Waals surface area contributed by atoms with Gasteiger partial charge in [-0.1, -0.05) is 45.7 Å². The Morgan fingerprint density at radius 2 is 1.81 bits per heavy atom. The summed E-state index contributed by atoms with van der Waals surface area (Å²) >= 11 is 9.62. The van der Waals surface area contributed by atoms with Gasteiger partial charge in [-0.25, -0.2) is 4.39 Å². The lowest BCUT2D eigenvalue weighted by atomic mass is 9.97. The van der Waals surface area contributed by atoms with Crippen LogP contribution in [0.1, 0.15) is 16.7 Å². The predicted octanol–water partition coefficient (Wildman–Crippen LogP) is 5.49. The molecule has 5 heteroatoms. The van der Waals surface area contributed by atoms with Crippen LogP contribution in [0.25, 0.3) is 4.48 Å². The molecule has 2 aromatic rings. The Morgan fingerprint density at radius 1 is 1.05 bits per heavy atom. The molecule has 108 valence electrons. The van der Waals surface area contributed by atoms with Gasteiger partial charge in [0.2, 0.25) is 0 Å². The van der Waals surface area contributed by atoms with Crippen LogP contribution in [0, 0.1) is 5.82 Å². The molecule has 1 aliphatic heterocycles. The first-order chi connectivity index (χ1) is 9.66. The number of fused-ring (bicyclic) bond motifs is 1. The second-order valence-corrected chi connectivity index (χ2v) is 5.70. The molecule has 0 bridgehead atoms. The van der Waals surface area contributed by atoms with Gasteiger partial charge in [0, 0.05) is 20.6 Å². The van der Waals surface area contributed by atoms with Crippen LogP contribution in [0.15, 0.2) is 53.5 Å². The highest BCUT2D eigenvalue weighted by Gasteiger charge is 2.18. The third-order valence-electron chi connectivity index (χ3n) is 3.14. The highest BCUT2D eigenvalue weighted by Crippen LogP contribution is 2.31. The second-order valence-electron chi connectivity index (χ2n) is 4.41. The van der Waals surface area contributed by atoms with E-state index >= 15 is 0 Å². The average molecular weight is 387 g/mol. The lowest BCUT2D eigenvalue weighted by Crippen LogP contribution is -2.08.